The molecule has 0 radical (unpaired) electrons. The van der Waals surface area contributed by atoms with Gasteiger partial charge in [-0.15, -0.1) is 24.0 Å². The molecule has 1 aliphatic heterocycles. The molecule has 0 spiro atoms. The summed E-state index contributed by atoms with van der Waals surface area (Å²) in [5, 5.41) is 6.47. The van der Waals surface area contributed by atoms with Gasteiger partial charge in [0.25, 0.3) is 0 Å². The molecule has 1 fully saturated rings. The molecule has 1 unspecified atom stereocenters. The number of aliphatic imine (C=N–C) groups is 1. The first-order chi connectivity index (χ1) is 13.4. The van der Waals surface area contributed by atoms with Gasteiger partial charge in [-0.05, 0) is 25.5 Å². The number of sulfone groups is 1. The molecule has 10 heteroatoms. The Bertz CT molecular complexity index is 735. The van der Waals surface area contributed by atoms with E-state index in [1.165, 1.54) is 12.1 Å². The summed E-state index contributed by atoms with van der Waals surface area (Å²) in [5.41, 5.74) is 0. The van der Waals surface area contributed by atoms with E-state index in [1.807, 2.05) is 13.8 Å². The van der Waals surface area contributed by atoms with Gasteiger partial charge in [-0.2, -0.15) is 0 Å². The van der Waals surface area contributed by atoms with Crippen molar-refractivity contribution in [3.8, 4) is 5.75 Å². The molecule has 1 aliphatic rings. The Morgan fingerprint density at radius 2 is 2.00 bits per heavy atom. The van der Waals surface area contributed by atoms with Crippen molar-refractivity contribution in [2.24, 2.45) is 4.99 Å². The van der Waals surface area contributed by atoms with Crippen LogP contribution in [-0.2, 0) is 9.84 Å². The molecular weight excluding hydrogens is 510 g/mol. The monoisotopic (exact) mass is 542 g/mol. The first-order valence-corrected chi connectivity index (χ1v) is 11.6. The lowest BCUT2D eigenvalue weighted by Gasteiger charge is -2.26. The van der Waals surface area contributed by atoms with Crippen molar-refractivity contribution in [2.45, 2.75) is 26.4 Å². The number of hydrogen-bond acceptors (Lipinski definition) is 5. The van der Waals surface area contributed by atoms with Crippen molar-refractivity contribution in [2.75, 3.05) is 50.8 Å². The van der Waals surface area contributed by atoms with E-state index >= 15 is 0 Å². The summed E-state index contributed by atoms with van der Waals surface area (Å²) in [4.78, 5) is 6.71. The van der Waals surface area contributed by atoms with E-state index in [2.05, 4.69) is 20.5 Å². The zero-order chi connectivity index (χ0) is 20.4. The minimum Gasteiger partial charge on any atom is -0.488 e. The Balaban J connectivity index is 0.00000420. The third-order valence-corrected chi connectivity index (χ3v) is 6.12. The Kier molecular flexibility index (Phi) is 11.8. The fourth-order valence-electron chi connectivity index (χ4n) is 2.82. The van der Waals surface area contributed by atoms with E-state index in [9.17, 15) is 12.8 Å². The molecule has 1 saturated heterocycles. The van der Waals surface area contributed by atoms with Crippen molar-refractivity contribution < 1.29 is 17.5 Å². The SMILES string of the molecule is CCNC(=NCC(CC)Oc1cccc(F)c1)NCCN1CCS(=O)(=O)CC1.I. The molecule has 0 bridgehead atoms. The molecule has 2 N–H and O–H groups in total. The predicted molar refractivity (Wildman–Crippen MR) is 126 cm³/mol. The number of nitrogens with zero attached hydrogens (tertiary/aromatic N) is 2. The minimum absolute atomic E-state index is 0. The molecule has 0 amide bonds. The zero-order valence-electron chi connectivity index (χ0n) is 17.1. The van der Waals surface area contributed by atoms with Gasteiger partial charge in [0, 0.05) is 38.8 Å². The van der Waals surface area contributed by atoms with Gasteiger partial charge in [-0.1, -0.05) is 13.0 Å². The molecule has 1 atom stereocenters. The van der Waals surface area contributed by atoms with Crippen LogP contribution in [0.3, 0.4) is 0 Å². The van der Waals surface area contributed by atoms with Crippen molar-refractivity contribution in [3.05, 3.63) is 30.1 Å². The molecule has 1 heterocycles. The van der Waals surface area contributed by atoms with Crippen LogP contribution in [0.4, 0.5) is 4.39 Å². The van der Waals surface area contributed by atoms with Gasteiger partial charge in [0.05, 0.1) is 18.1 Å². The normalized spacial score (nSPS) is 17.8. The smallest absolute Gasteiger partial charge is 0.191 e. The third kappa shape index (κ3) is 9.94. The van der Waals surface area contributed by atoms with E-state index < -0.39 is 9.84 Å². The predicted octanol–water partition coefficient (Wildman–Crippen LogP) is 1.89. The standard InChI is InChI=1S/C19H31FN4O3S.HI/c1-3-17(27-18-7-5-6-16(20)14-18)15-23-19(21-4-2)22-8-9-24-10-12-28(25,26)13-11-24;/h5-7,14,17H,3-4,8-13,15H2,1-2H3,(H2,21,22,23);1H. The fraction of sp³-hybridized carbons (Fsp3) is 0.632. The molecule has 2 rings (SSSR count). The highest BCUT2D eigenvalue weighted by molar-refractivity contribution is 14.0. The van der Waals surface area contributed by atoms with Gasteiger partial charge in [0.2, 0.25) is 0 Å². The average molecular weight is 542 g/mol. The molecule has 166 valence electrons. The van der Waals surface area contributed by atoms with Crippen LogP contribution in [0, 0.1) is 5.82 Å². The maximum atomic E-state index is 13.3. The lowest BCUT2D eigenvalue weighted by Crippen LogP contribution is -2.46. The zero-order valence-corrected chi connectivity index (χ0v) is 20.2. The van der Waals surface area contributed by atoms with E-state index in [0.717, 1.165) is 19.5 Å². The van der Waals surface area contributed by atoms with Gasteiger partial charge >= 0.3 is 0 Å². The summed E-state index contributed by atoms with van der Waals surface area (Å²) in [6, 6.07) is 6.11. The summed E-state index contributed by atoms with van der Waals surface area (Å²) in [7, 11) is -2.85. The summed E-state index contributed by atoms with van der Waals surface area (Å²) >= 11 is 0. The molecule has 1 aromatic carbocycles. The maximum Gasteiger partial charge on any atom is 0.191 e. The first kappa shape index (κ1) is 25.9. The molecule has 0 aromatic heterocycles. The molecule has 0 saturated carbocycles. The van der Waals surface area contributed by atoms with Crippen LogP contribution in [-0.4, -0.2) is 76.2 Å². The van der Waals surface area contributed by atoms with E-state index in [1.54, 1.807) is 12.1 Å². The minimum atomic E-state index is -2.85. The van der Waals surface area contributed by atoms with Crippen LogP contribution in [0.5, 0.6) is 5.75 Å². The highest BCUT2D eigenvalue weighted by Crippen LogP contribution is 2.15. The highest BCUT2D eigenvalue weighted by Gasteiger charge is 2.21. The molecule has 0 aliphatic carbocycles. The molecule has 29 heavy (non-hydrogen) atoms. The van der Waals surface area contributed by atoms with Crippen LogP contribution >= 0.6 is 24.0 Å². The van der Waals surface area contributed by atoms with Crippen molar-refractivity contribution in [1.29, 1.82) is 0 Å². The molecule has 1 aromatic rings. The third-order valence-electron chi connectivity index (χ3n) is 4.51. The summed E-state index contributed by atoms with van der Waals surface area (Å²) < 4.78 is 42.1. The second-order valence-electron chi connectivity index (χ2n) is 6.75. The van der Waals surface area contributed by atoms with Crippen LogP contribution in [0.15, 0.2) is 29.3 Å². The summed E-state index contributed by atoms with van der Waals surface area (Å²) in [6.45, 7) is 7.77. The number of halogens is 2. The van der Waals surface area contributed by atoms with Gasteiger partial charge in [0.15, 0.2) is 15.8 Å². The van der Waals surface area contributed by atoms with E-state index in [0.29, 0.717) is 37.9 Å². The van der Waals surface area contributed by atoms with Crippen LogP contribution in [0.2, 0.25) is 0 Å². The van der Waals surface area contributed by atoms with Gasteiger partial charge < -0.3 is 15.4 Å². The topological polar surface area (TPSA) is 83.0 Å². The van der Waals surface area contributed by atoms with Crippen molar-refractivity contribution in [1.82, 2.24) is 15.5 Å². The van der Waals surface area contributed by atoms with E-state index in [-0.39, 0.29) is 47.4 Å². The van der Waals surface area contributed by atoms with Gasteiger partial charge in [0.1, 0.15) is 17.7 Å². The Morgan fingerprint density at radius 3 is 2.62 bits per heavy atom. The fourth-order valence-corrected chi connectivity index (χ4v) is 4.10. The molecular formula is C19H32FIN4O3S. The summed E-state index contributed by atoms with van der Waals surface area (Å²) in [5.74, 6) is 1.33. The Hall–Kier alpha value is -1.14. The summed E-state index contributed by atoms with van der Waals surface area (Å²) in [6.07, 6.45) is 0.603. The van der Waals surface area contributed by atoms with Gasteiger partial charge in [-0.3, -0.25) is 4.90 Å². The number of rotatable bonds is 9. The first-order valence-electron chi connectivity index (χ1n) is 9.79. The molecule has 7 nitrogen and oxygen atoms in total. The van der Waals surface area contributed by atoms with Crippen molar-refractivity contribution >= 4 is 39.8 Å². The Morgan fingerprint density at radius 1 is 1.28 bits per heavy atom. The van der Waals surface area contributed by atoms with Crippen LogP contribution in [0.25, 0.3) is 0 Å². The van der Waals surface area contributed by atoms with Crippen LogP contribution in [0.1, 0.15) is 20.3 Å². The average Bonchev–Trinajstić information content (AvgIpc) is 2.66. The van der Waals surface area contributed by atoms with Crippen molar-refractivity contribution in [3.63, 3.8) is 0 Å². The Labute approximate surface area is 190 Å². The lowest BCUT2D eigenvalue weighted by atomic mass is 10.2. The highest BCUT2D eigenvalue weighted by atomic mass is 127. The number of guanidine groups is 1. The number of benzene rings is 1. The maximum absolute atomic E-state index is 13.3. The number of ether oxygens (including phenoxy) is 1. The number of hydrogen-bond donors (Lipinski definition) is 2. The second kappa shape index (κ2) is 13.2. The van der Waals surface area contributed by atoms with Gasteiger partial charge in [-0.25, -0.2) is 17.8 Å². The lowest BCUT2D eigenvalue weighted by molar-refractivity contribution is 0.205. The van der Waals surface area contributed by atoms with E-state index in [4.69, 9.17) is 4.74 Å². The largest absolute Gasteiger partial charge is 0.488 e. The quantitative estimate of drug-likeness (QED) is 0.282. The second-order valence-corrected chi connectivity index (χ2v) is 9.05. The number of nitrogens with one attached hydrogen (secondary N) is 2. The van der Waals surface area contributed by atoms with Crippen LogP contribution < -0.4 is 15.4 Å².